The van der Waals surface area contributed by atoms with E-state index in [2.05, 4.69) is 22.8 Å². The Kier molecular flexibility index (Phi) is 9.68. The Bertz CT molecular complexity index is 2500. The average molecular weight is 805 g/mol. The van der Waals surface area contributed by atoms with Gasteiger partial charge in [0.2, 0.25) is 0 Å². The van der Waals surface area contributed by atoms with Crippen LogP contribution in [0.25, 0.3) is 11.0 Å². The summed E-state index contributed by atoms with van der Waals surface area (Å²) >= 11 is 0. The summed E-state index contributed by atoms with van der Waals surface area (Å²) in [6.45, 7) is 4.84. The summed E-state index contributed by atoms with van der Waals surface area (Å²) < 4.78 is 20.5. The second kappa shape index (κ2) is 14.6. The second-order valence-corrected chi connectivity index (χ2v) is 17.1. The van der Waals surface area contributed by atoms with Crippen molar-refractivity contribution in [3.05, 3.63) is 121 Å². The Morgan fingerprint density at radius 1 is 1.12 bits per heavy atom. The molecule has 10 N–H and O–H groups in total. The summed E-state index contributed by atoms with van der Waals surface area (Å²) in [5.74, 6) is -2.32. The second-order valence-electron chi connectivity index (χ2n) is 17.1. The normalized spacial score (nSPS) is 29.8. The number of aromatic hydroxyl groups is 2. The molecule has 4 bridgehead atoms. The van der Waals surface area contributed by atoms with E-state index in [9.17, 15) is 30.0 Å². The average Bonchev–Trinajstić information content (AvgIpc) is 3.37. The predicted octanol–water partition coefficient (Wildman–Crippen LogP) is 4.52. The Hall–Kier alpha value is -5.50. The molecule has 59 heavy (non-hydrogen) atoms. The summed E-state index contributed by atoms with van der Waals surface area (Å²) in [6.07, 6.45) is 9.74. The van der Waals surface area contributed by atoms with Crippen molar-refractivity contribution in [2.75, 3.05) is 13.2 Å². The monoisotopic (exact) mass is 804 g/mol. The van der Waals surface area contributed by atoms with E-state index in [0.29, 0.717) is 42.8 Å². The molecule has 13 nitrogen and oxygen atoms in total. The van der Waals surface area contributed by atoms with Crippen LogP contribution in [0.15, 0.2) is 91.6 Å². The van der Waals surface area contributed by atoms with Gasteiger partial charge in [0.15, 0.2) is 5.43 Å². The lowest BCUT2D eigenvalue weighted by molar-refractivity contribution is -0.169. The number of carbonyl (C=O) groups is 1. The number of ether oxygens (including phenoxy) is 2. The van der Waals surface area contributed by atoms with Gasteiger partial charge >= 0.3 is 5.97 Å². The molecule has 310 valence electrons. The number of phenols is 2. The highest BCUT2D eigenvalue weighted by molar-refractivity contribution is 5.92. The third kappa shape index (κ3) is 6.15. The zero-order valence-electron chi connectivity index (χ0n) is 33.5. The molecule has 13 heteroatoms. The number of hydrogen-bond acceptors (Lipinski definition) is 13. The molecular formula is C46H52N4O9. The van der Waals surface area contributed by atoms with Gasteiger partial charge in [0.05, 0.1) is 12.8 Å². The van der Waals surface area contributed by atoms with Gasteiger partial charge in [-0.15, -0.1) is 0 Å². The summed E-state index contributed by atoms with van der Waals surface area (Å²) in [4.78, 5) is 28.0. The number of aliphatic hydroxyl groups excluding tert-OH is 2. The number of nitrogens with one attached hydrogen (secondary N) is 2. The van der Waals surface area contributed by atoms with Crippen molar-refractivity contribution >= 4 is 16.9 Å². The highest BCUT2D eigenvalue weighted by Crippen LogP contribution is 2.61. The Balaban J connectivity index is 1.45. The number of aliphatic hydroxyl groups is 2. The zero-order valence-corrected chi connectivity index (χ0v) is 33.5. The number of rotatable bonds is 4. The summed E-state index contributed by atoms with van der Waals surface area (Å²) in [5, 5.41) is 52.0. The van der Waals surface area contributed by atoms with Gasteiger partial charge in [-0.05, 0) is 116 Å². The predicted molar refractivity (Wildman–Crippen MR) is 220 cm³/mol. The van der Waals surface area contributed by atoms with Gasteiger partial charge in [-0.1, -0.05) is 18.2 Å². The van der Waals surface area contributed by atoms with Gasteiger partial charge in [-0.3, -0.25) is 4.79 Å². The smallest absolute Gasteiger partial charge is 0.333 e. The van der Waals surface area contributed by atoms with E-state index >= 15 is 0 Å². The maximum atomic E-state index is 14.1. The SMILES string of the molecule is CC=C(C)C(=O)OC1Cc2c3c(c4oc(CO)cc(=O)c4c2O)C2C4=CCNC(N)=C4C(CCc4ccc(O)cc4C2CO)C2CCC4=CC(N)NC=C4CC2C1(C)O3. The van der Waals surface area contributed by atoms with Crippen molar-refractivity contribution in [3.8, 4) is 17.2 Å². The number of carbonyl (C=O) groups excluding carboxylic acids is 1. The van der Waals surface area contributed by atoms with Crippen LogP contribution in [-0.2, 0) is 29.0 Å². The molecule has 0 radical (unpaired) electrons. The molecule has 5 heterocycles. The number of benzene rings is 2. The largest absolute Gasteiger partial charge is 0.508 e. The molecule has 1 saturated carbocycles. The number of aryl methyl sites for hydroxylation is 1. The highest BCUT2D eigenvalue weighted by Gasteiger charge is 2.57. The number of phenolic OH excluding ortho intramolecular Hbond substituents is 2. The van der Waals surface area contributed by atoms with E-state index in [-0.39, 0.29) is 76.5 Å². The van der Waals surface area contributed by atoms with Gasteiger partial charge < -0.3 is 56.4 Å². The molecule has 1 aromatic heterocycles. The van der Waals surface area contributed by atoms with E-state index in [0.717, 1.165) is 52.3 Å². The molecule has 0 spiro atoms. The van der Waals surface area contributed by atoms with Gasteiger partial charge in [0.1, 0.15) is 58.1 Å². The van der Waals surface area contributed by atoms with Crippen molar-refractivity contribution in [1.82, 2.24) is 10.6 Å². The molecule has 2 aromatic carbocycles. The molecule has 0 amide bonds. The third-order valence-electron chi connectivity index (χ3n) is 14.1. The van der Waals surface area contributed by atoms with Gasteiger partial charge in [-0.25, -0.2) is 4.79 Å². The summed E-state index contributed by atoms with van der Waals surface area (Å²) in [6, 6.07) is 6.42. The van der Waals surface area contributed by atoms with E-state index < -0.39 is 41.5 Å². The minimum Gasteiger partial charge on any atom is -0.508 e. The highest BCUT2D eigenvalue weighted by atomic mass is 16.6. The Labute approximate surface area is 341 Å². The van der Waals surface area contributed by atoms with Gasteiger partial charge in [0, 0.05) is 59.7 Å². The Morgan fingerprint density at radius 2 is 1.93 bits per heavy atom. The first kappa shape index (κ1) is 39.0. The van der Waals surface area contributed by atoms with E-state index in [1.54, 1.807) is 32.1 Å². The van der Waals surface area contributed by atoms with Crippen LogP contribution in [0, 0.1) is 17.8 Å². The molecule has 8 atom stereocenters. The zero-order chi connectivity index (χ0) is 41.5. The van der Waals surface area contributed by atoms with Crippen molar-refractivity contribution in [3.63, 3.8) is 0 Å². The topological polar surface area (TPSA) is 223 Å². The van der Waals surface area contributed by atoms with Crippen LogP contribution in [-0.4, -0.2) is 57.4 Å². The van der Waals surface area contributed by atoms with Crippen LogP contribution in [0.4, 0.5) is 0 Å². The fraction of sp³-hybridized carbons (Fsp3) is 0.435. The first-order valence-electron chi connectivity index (χ1n) is 20.6. The fourth-order valence-electron chi connectivity index (χ4n) is 11.1. The molecule has 4 aliphatic heterocycles. The lowest BCUT2D eigenvalue weighted by atomic mass is 9.61. The maximum absolute atomic E-state index is 14.1. The van der Waals surface area contributed by atoms with E-state index in [1.165, 1.54) is 0 Å². The first-order valence-corrected chi connectivity index (χ1v) is 20.6. The van der Waals surface area contributed by atoms with Crippen LogP contribution >= 0.6 is 0 Å². The summed E-state index contributed by atoms with van der Waals surface area (Å²) in [5.41, 5.74) is 18.4. The summed E-state index contributed by atoms with van der Waals surface area (Å²) in [7, 11) is 0. The minimum atomic E-state index is -1.25. The van der Waals surface area contributed by atoms with Gasteiger partial charge in [-0.2, -0.15) is 0 Å². The van der Waals surface area contributed by atoms with Crippen LogP contribution in [0.5, 0.6) is 17.2 Å². The van der Waals surface area contributed by atoms with Crippen LogP contribution < -0.4 is 32.3 Å². The molecule has 8 unspecified atom stereocenters. The van der Waals surface area contributed by atoms with Crippen LogP contribution in [0.3, 0.4) is 0 Å². The standard InChI is InChI=1S/C46H52N4O9/c1-4-21(2)45(56)58-35-17-31-41(55)39-34(54)16-26(19-51)57-43(39)40-37-29-11-12-49-44(48)38(29)28(10-6-22-5-8-25(53)15-30(22)32(37)20-52)27-9-7-23-14-36(47)50-18-24(23)13-33(27)46(35,3)59-42(31)40/h4-5,8,11,14-16,18,27-28,32-33,35-37,49-53,55H,6-7,9-10,12-13,17,19-20,47-48H2,1-3H3. The third-order valence-corrected chi connectivity index (χ3v) is 14.1. The lowest BCUT2D eigenvalue weighted by Crippen LogP contribution is -2.59. The molecule has 1 fully saturated rings. The number of esters is 1. The number of allylic oxidation sites excluding steroid dienone is 5. The van der Waals surface area contributed by atoms with Crippen molar-refractivity contribution in [2.45, 2.75) is 95.6 Å². The molecule has 6 aliphatic rings. The van der Waals surface area contributed by atoms with E-state index in [1.807, 2.05) is 19.2 Å². The van der Waals surface area contributed by atoms with Crippen molar-refractivity contribution in [2.24, 2.45) is 29.2 Å². The van der Waals surface area contributed by atoms with Crippen LogP contribution in [0.2, 0.25) is 0 Å². The fourth-order valence-corrected chi connectivity index (χ4v) is 11.1. The number of hydrogen-bond donors (Lipinski definition) is 8. The molecular weight excluding hydrogens is 753 g/mol. The molecule has 2 aliphatic carbocycles. The Morgan fingerprint density at radius 3 is 2.69 bits per heavy atom. The quantitative estimate of drug-likeness (QED) is 0.134. The van der Waals surface area contributed by atoms with Crippen molar-refractivity contribution in [1.29, 1.82) is 0 Å². The molecule has 9 rings (SSSR count). The van der Waals surface area contributed by atoms with Crippen molar-refractivity contribution < 1.29 is 39.1 Å². The van der Waals surface area contributed by atoms with Gasteiger partial charge in [0.25, 0.3) is 0 Å². The maximum Gasteiger partial charge on any atom is 0.333 e. The minimum absolute atomic E-state index is 0.00259. The first-order chi connectivity index (χ1) is 28.4. The molecule has 0 saturated heterocycles. The van der Waals surface area contributed by atoms with Crippen LogP contribution in [0.1, 0.15) is 86.3 Å². The number of nitrogens with two attached hydrogens (primary N) is 2. The van der Waals surface area contributed by atoms with E-state index in [4.69, 9.17) is 25.4 Å². The molecule has 3 aromatic rings. The lowest BCUT2D eigenvalue weighted by Gasteiger charge is -2.52. The number of fused-ring (bicyclic) bond motifs is 9. The number of dihydropyridines is 2.